The van der Waals surface area contributed by atoms with Gasteiger partial charge >= 0.3 is 0 Å². The predicted octanol–water partition coefficient (Wildman–Crippen LogP) is 2.14. The first kappa shape index (κ1) is 19.3. The molecule has 20 heavy (non-hydrogen) atoms. The third-order valence-corrected chi connectivity index (χ3v) is 4.48. The molecular formula is C13H22ClFN2O2S. The van der Waals surface area contributed by atoms with Crippen LogP contribution in [0.2, 0.25) is 0 Å². The molecule has 0 radical (unpaired) electrons. The second-order valence-electron chi connectivity index (χ2n) is 4.52. The molecule has 0 aliphatic heterocycles. The lowest BCUT2D eigenvalue weighted by atomic mass is 10.1. The van der Waals surface area contributed by atoms with Crippen LogP contribution in [-0.2, 0) is 10.0 Å². The van der Waals surface area contributed by atoms with Crippen molar-refractivity contribution < 1.29 is 12.8 Å². The van der Waals surface area contributed by atoms with Crippen LogP contribution in [0.4, 0.5) is 4.39 Å². The van der Waals surface area contributed by atoms with Crippen molar-refractivity contribution in [3.8, 4) is 0 Å². The van der Waals surface area contributed by atoms with Crippen molar-refractivity contribution in [3.63, 3.8) is 0 Å². The molecule has 1 aromatic rings. The van der Waals surface area contributed by atoms with Crippen LogP contribution in [0.1, 0.15) is 24.5 Å². The van der Waals surface area contributed by atoms with Gasteiger partial charge in [-0.1, -0.05) is 6.92 Å². The van der Waals surface area contributed by atoms with E-state index in [0.717, 1.165) is 13.0 Å². The molecular weight excluding hydrogens is 303 g/mol. The predicted molar refractivity (Wildman–Crippen MR) is 81.5 cm³/mol. The third-order valence-electron chi connectivity index (χ3n) is 2.71. The fraction of sp³-hybridized carbons (Fsp3) is 0.538. The number of sulfonamides is 1. The molecule has 0 spiro atoms. The highest BCUT2D eigenvalue weighted by Crippen LogP contribution is 2.20. The Morgan fingerprint density at radius 1 is 1.10 bits per heavy atom. The van der Waals surface area contributed by atoms with Gasteiger partial charge in [-0.2, -0.15) is 0 Å². The Kier molecular flexibility index (Phi) is 8.27. The van der Waals surface area contributed by atoms with E-state index in [9.17, 15) is 12.8 Å². The number of hydrogen-bond acceptors (Lipinski definition) is 3. The summed E-state index contributed by atoms with van der Waals surface area (Å²) in [6.45, 7) is 6.99. The second kappa shape index (κ2) is 8.56. The third kappa shape index (κ3) is 5.36. The van der Waals surface area contributed by atoms with Crippen LogP contribution in [0.5, 0.6) is 0 Å². The van der Waals surface area contributed by atoms with Crippen molar-refractivity contribution in [1.29, 1.82) is 0 Å². The summed E-state index contributed by atoms with van der Waals surface area (Å²) in [5.74, 6) is -0.418. The van der Waals surface area contributed by atoms with Gasteiger partial charge in [-0.15, -0.1) is 12.4 Å². The lowest BCUT2D eigenvalue weighted by Crippen LogP contribution is -2.32. The summed E-state index contributed by atoms with van der Waals surface area (Å²) in [6.07, 6.45) is 1.00. The summed E-state index contributed by atoms with van der Waals surface area (Å²) in [7, 11) is -3.58. The Hall–Kier alpha value is -0.690. The van der Waals surface area contributed by atoms with Crippen molar-refractivity contribution >= 4 is 22.4 Å². The number of hydrogen-bond donors (Lipinski definition) is 2. The normalized spacial score (nSPS) is 11.2. The molecule has 0 heterocycles. The molecule has 0 fully saturated rings. The molecule has 0 atom stereocenters. The molecule has 0 aliphatic carbocycles. The quantitative estimate of drug-likeness (QED) is 0.756. The highest BCUT2D eigenvalue weighted by Gasteiger charge is 2.19. The molecule has 2 N–H and O–H groups in total. The van der Waals surface area contributed by atoms with E-state index >= 15 is 0 Å². The number of benzene rings is 1. The zero-order valence-electron chi connectivity index (χ0n) is 12.0. The van der Waals surface area contributed by atoms with Gasteiger partial charge in [0.25, 0.3) is 0 Å². The van der Waals surface area contributed by atoms with Crippen molar-refractivity contribution in [1.82, 2.24) is 10.0 Å². The molecule has 1 rings (SSSR count). The van der Waals surface area contributed by atoms with Crippen molar-refractivity contribution in [3.05, 3.63) is 29.1 Å². The van der Waals surface area contributed by atoms with E-state index in [0.29, 0.717) is 24.2 Å². The zero-order valence-corrected chi connectivity index (χ0v) is 13.6. The summed E-state index contributed by atoms with van der Waals surface area (Å²) >= 11 is 0. The van der Waals surface area contributed by atoms with Gasteiger partial charge in [0.05, 0.1) is 4.90 Å². The summed E-state index contributed by atoms with van der Waals surface area (Å²) < 4.78 is 40.0. The van der Waals surface area contributed by atoms with Gasteiger partial charge in [-0.3, -0.25) is 0 Å². The maximum absolute atomic E-state index is 13.2. The lowest BCUT2D eigenvalue weighted by Gasteiger charge is -2.12. The minimum atomic E-state index is -3.58. The van der Waals surface area contributed by atoms with E-state index in [1.54, 1.807) is 13.8 Å². The van der Waals surface area contributed by atoms with Gasteiger partial charge in [0, 0.05) is 13.1 Å². The van der Waals surface area contributed by atoms with Crippen LogP contribution in [0, 0.1) is 19.7 Å². The first-order chi connectivity index (χ1) is 8.88. The SMILES string of the molecule is CCCNCCNS(=O)(=O)c1c(C)cc(F)cc1C.Cl. The standard InChI is InChI=1S/C13H21FN2O2S.ClH/c1-4-5-15-6-7-16-19(17,18)13-10(2)8-12(14)9-11(13)3;/h8-9,15-16H,4-7H2,1-3H3;1H. The van der Waals surface area contributed by atoms with E-state index < -0.39 is 15.8 Å². The molecule has 0 amide bonds. The van der Waals surface area contributed by atoms with Gasteiger partial charge in [-0.25, -0.2) is 17.5 Å². The topological polar surface area (TPSA) is 58.2 Å². The molecule has 0 aromatic heterocycles. The van der Waals surface area contributed by atoms with E-state index in [1.165, 1.54) is 12.1 Å². The monoisotopic (exact) mass is 324 g/mol. The molecule has 0 unspecified atom stereocenters. The Balaban J connectivity index is 0.00000361. The molecule has 0 saturated carbocycles. The maximum Gasteiger partial charge on any atom is 0.241 e. The average molecular weight is 325 g/mol. The van der Waals surface area contributed by atoms with E-state index in [4.69, 9.17) is 0 Å². The van der Waals surface area contributed by atoms with E-state index in [2.05, 4.69) is 10.0 Å². The van der Waals surface area contributed by atoms with Crippen molar-refractivity contribution in [2.45, 2.75) is 32.1 Å². The second-order valence-corrected chi connectivity index (χ2v) is 6.22. The molecule has 0 bridgehead atoms. The fourth-order valence-electron chi connectivity index (χ4n) is 1.97. The number of aryl methyl sites for hydroxylation is 2. The van der Waals surface area contributed by atoms with Crippen molar-refractivity contribution in [2.24, 2.45) is 0 Å². The Morgan fingerprint density at radius 3 is 2.15 bits per heavy atom. The van der Waals surface area contributed by atoms with Crippen LogP contribution in [0.3, 0.4) is 0 Å². The smallest absolute Gasteiger partial charge is 0.241 e. The van der Waals surface area contributed by atoms with Gasteiger partial charge in [0.2, 0.25) is 10.0 Å². The van der Waals surface area contributed by atoms with Gasteiger partial charge in [0.1, 0.15) is 5.82 Å². The molecule has 0 aliphatic rings. The Morgan fingerprint density at radius 2 is 1.65 bits per heavy atom. The summed E-state index contributed by atoms with van der Waals surface area (Å²) in [6, 6.07) is 2.47. The first-order valence-corrected chi connectivity index (χ1v) is 7.84. The van der Waals surface area contributed by atoms with Gasteiger partial charge < -0.3 is 5.32 Å². The largest absolute Gasteiger partial charge is 0.315 e. The van der Waals surface area contributed by atoms with Crippen LogP contribution >= 0.6 is 12.4 Å². The molecule has 7 heteroatoms. The van der Waals surface area contributed by atoms with Crippen molar-refractivity contribution in [2.75, 3.05) is 19.6 Å². The Labute approximate surface area is 126 Å². The zero-order chi connectivity index (χ0) is 14.5. The molecule has 0 saturated heterocycles. The molecule has 1 aromatic carbocycles. The van der Waals surface area contributed by atoms with E-state index in [1.807, 2.05) is 6.92 Å². The van der Waals surface area contributed by atoms with Crippen LogP contribution in [0.15, 0.2) is 17.0 Å². The highest BCUT2D eigenvalue weighted by atomic mass is 35.5. The highest BCUT2D eigenvalue weighted by molar-refractivity contribution is 7.89. The summed E-state index contributed by atoms with van der Waals surface area (Å²) in [5.41, 5.74) is 0.845. The van der Waals surface area contributed by atoms with Crippen LogP contribution < -0.4 is 10.0 Å². The Bertz CT molecular complexity index is 512. The van der Waals surface area contributed by atoms with Crippen LogP contribution in [-0.4, -0.2) is 28.1 Å². The minimum absolute atomic E-state index is 0. The maximum atomic E-state index is 13.2. The average Bonchev–Trinajstić information content (AvgIpc) is 2.26. The number of rotatable bonds is 7. The van der Waals surface area contributed by atoms with Crippen LogP contribution in [0.25, 0.3) is 0 Å². The number of halogens is 2. The van der Waals surface area contributed by atoms with E-state index in [-0.39, 0.29) is 17.3 Å². The molecule has 4 nitrogen and oxygen atoms in total. The minimum Gasteiger partial charge on any atom is -0.315 e. The molecule has 116 valence electrons. The summed E-state index contributed by atoms with van der Waals surface area (Å²) in [4.78, 5) is 0.171. The van der Waals surface area contributed by atoms with Gasteiger partial charge in [-0.05, 0) is 50.1 Å². The lowest BCUT2D eigenvalue weighted by molar-refractivity contribution is 0.573. The number of nitrogens with one attached hydrogen (secondary N) is 2. The first-order valence-electron chi connectivity index (χ1n) is 6.35. The van der Waals surface area contributed by atoms with Gasteiger partial charge in [0.15, 0.2) is 0 Å². The fourth-order valence-corrected chi connectivity index (χ4v) is 3.45. The summed E-state index contributed by atoms with van der Waals surface area (Å²) in [5, 5.41) is 3.11.